The molecule has 1 aliphatic rings. The normalized spacial score (nSPS) is 21.6. The summed E-state index contributed by atoms with van der Waals surface area (Å²) < 4.78 is 5.55. The fourth-order valence-corrected chi connectivity index (χ4v) is 3.05. The highest BCUT2D eigenvalue weighted by Crippen LogP contribution is 2.34. The lowest BCUT2D eigenvalue weighted by atomic mass is 9.78. The molecule has 3 rings (SSSR count). The number of carbonyl (C=O) groups is 1. The zero-order valence-electron chi connectivity index (χ0n) is 11.8. The van der Waals surface area contributed by atoms with Crippen LogP contribution in [-0.4, -0.2) is 18.5 Å². The van der Waals surface area contributed by atoms with E-state index in [-0.39, 0.29) is 5.78 Å². The van der Waals surface area contributed by atoms with Crippen LogP contribution in [0.4, 0.5) is 0 Å². The van der Waals surface area contributed by atoms with Crippen molar-refractivity contribution in [2.45, 2.75) is 32.3 Å². The van der Waals surface area contributed by atoms with Gasteiger partial charge in [0.05, 0.1) is 6.10 Å². The number of rotatable bonds is 5. The summed E-state index contributed by atoms with van der Waals surface area (Å²) in [7, 11) is 0. The predicted molar refractivity (Wildman–Crippen MR) is 81.0 cm³/mol. The first-order valence-electron chi connectivity index (χ1n) is 7.40. The van der Waals surface area contributed by atoms with Crippen molar-refractivity contribution in [3.63, 3.8) is 0 Å². The molecule has 0 radical (unpaired) electrons. The molecule has 1 fully saturated rings. The summed E-state index contributed by atoms with van der Waals surface area (Å²) in [6.45, 7) is 2.79. The van der Waals surface area contributed by atoms with Gasteiger partial charge in [0.1, 0.15) is 0 Å². The summed E-state index contributed by atoms with van der Waals surface area (Å²) in [5, 5.41) is 2.21. The SMILES string of the molecule is CCOC1CC(CC(=O)c2cccc3ccccc23)C1. The zero-order valence-corrected chi connectivity index (χ0v) is 11.8. The minimum Gasteiger partial charge on any atom is -0.378 e. The van der Waals surface area contributed by atoms with E-state index in [9.17, 15) is 4.79 Å². The maximum absolute atomic E-state index is 12.5. The largest absolute Gasteiger partial charge is 0.378 e. The van der Waals surface area contributed by atoms with Crippen molar-refractivity contribution in [2.75, 3.05) is 6.61 Å². The summed E-state index contributed by atoms with van der Waals surface area (Å²) in [5.74, 6) is 0.764. The summed E-state index contributed by atoms with van der Waals surface area (Å²) in [4.78, 5) is 12.5. The Morgan fingerprint density at radius 2 is 1.90 bits per heavy atom. The molecule has 0 atom stereocenters. The van der Waals surface area contributed by atoms with Crippen LogP contribution in [0.5, 0.6) is 0 Å². The van der Waals surface area contributed by atoms with Crippen LogP contribution in [0, 0.1) is 5.92 Å². The highest BCUT2D eigenvalue weighted by molar-refractivity contribution is 6.08. The van der Waals surface area contributed by atoms with Gasteiger partial charge in [-0.1, -0.05) is 42.5 Å². The number of fused-ring (bicyclic) bond motifs is 1. The molecule has 2 nitrogen and oxygen atoms in total. The minimum absolute atomic E-state index is 0.266. The van der Waals surface area contributed by atoms with Crippen molar-refractivity contribution in [1.29, 1.82) is 0 Å². The van der Waals surface area contributed by atoms with E-state index >= 15 is 0 Å². The maximum atomic E-state index is 12.5. The maximum Gasteiger partial charge on any atom is 0.163 e. The Morgan fingerprint density at radius 1 is 1.15 bits per heavy atom. The van der Waals surface area contributed by atoms with Crippen molar-refractivity contribution >= 4 is 16.6 Å². The Kier molecular flexibility index (Phi) is 3.83. The minimum atomic E-state index is 0.266. The third-order valence-corrected chi connectivity index (χ3v) is 4.16. The Labute approximate surface area is 119 Å². The highest BCUT2D eigenvalue weighted by Gasteiger charge is 2.31. The van der Waals surface area contributed by atoms with E-state index < -0.39 is 0 Å². The molecule has 0 spiro atoms. The van der Waals surface area contributed by atoms with Gasteiger partial charge in [0.2, 0.25) is 0 Å². The van der Waals surface area contributed by atoms with Gasteiger partial charge >= 0.3 is 0 Å². The second kappa shape index (κ2) is 5.76. The molecule has 2 heteroatoms. The fourth-order valence-electron chi connectivity index (χ4n) is 3.05. The molecule has 1 aliphatic carbocycles. The third kappa shape index (κ3) is 2.61. The lowest BCUT2D eigenvalue weighted by Gasteiger charge is -2.34. The molecule has 104 valence electrons. The number of ether oxygens (including phenoxy) is 1. The van der Waals surface area contributed by atoms with E-state index in [1.54, 1.807) is 0 Å². The smallest absolute Gasteiger partial charge is 0.163 e. The van der Waals surface area contributed by atoms with Crippen molar-refractivity contribution in [3.8, 4) is 0 Å². The average molecular weight is 268 g/mol. The monoisotopic (exact) mass is 268 g/mol. The van der Waals surface area contributed by atoms with Crippen molar-refractivity contribution in [1.82, 2.24) is 0 Å². The molecule has 0 unspecified atom stereocenters. The molecule has 20 heavy (non-hydrogen) atoms. The van der Waals surface area contributed by atoms with Crippen LogP contribution in [0.15, 0.2) is 42.5 Å². The van der Waals surface area contributed by atoms with Crippen LogP contribution in [-0.2, 0) is 4.74 Å². The van der Waals surface area contributed by atoms with Crippen LogP contribution in [0.1, 0.15) is 36.5 Å². The van der Waals surface area contributed by atoms with E-state index in [1.165, 1.54) is 0 Å². The molecule has 0 N–H and O–H groups in total. The Bertz CT molecular complexity index is 606. The fraction of sp³-hybridized carbons (Fsp3) is 0.389. The Hall–Kier alpha value is -1.67. The van der Waals surface area contributed by atoms with Crippen LogP contribution in [0.25, 0.3) is 10.8 Å². The summed E-state index contributed by atoms with van der Waals surface area (Å²) in [6, 6.07) is 14.1. The molecule has 2 aromatic carbocycles. The summed E-state index contributed by atoms with van der Waals surface area (Å²) in [6.07, 6.45) is 3.09. The van der Waals surface area contributed by atoms with E-state index in [0.717, 1.165) is 35.8 Å². The van der Waals surface area contributed by atoms with Crippen LogP contribution >= 0.6 is 0 Å². The van der Waals surface area contributed by atoms with Gasteiger partial charge in [-0.25, -0.2) is 0 Å². The number of hydrogen-bond donors (Lipinski definition) is 0. The number of hydrogen-bond acceptors (Lipinski definition) is 2. The van der Waals surface area contributed by atoms with Crippen LogP contribution < -0.4 is 0 Å². The van der Waals surface area contributed by atoms with Gasteiger partial charge < -0.3 is 4.74 Å². The van der Waals surface area contributed by atoms with Gasteiger partial charge in [0.25, 0.3) is 0 Å². The second-order valence-electron chi connectivity index (χ2n) is 5.57. The van der Waals surface area contributed by atoms with Gasteiger partial charge in [-0.2, -0.15) is 0 Å². The van der Waals surface area contributed by atoms with Gasteiger partial charge in [0.15, 0.2) is 5.78 Å². The molecular formula is C18H20O2. The molecule has 0 heterocycles. The number of ketones is 1. The molecule has 1 saturated carbocycles. The molecule has 0 bridgehead atoms. The van der Waals surface area contributed by atoms with Crippen molar-refractivity contribution in [2.24, 2.45) is 5.92 Å². The van der Waals surface area contributed by atoms with E-state index in [0.29, 0.717) is 18.4 Å². The van der Waals surface area contributed by atoms with Gasteiger partial charge in [-0.3, -0.25) is 4.79 Å². The van der Waals surface area contributed by atoms with E-state index in [1.807, 2.05) is 37.3 Å². The van der Waals surface area contributed by atoms with Crippen LogP contribution in [0.2, 0.25) is 0 Å². The topological polar surface area (TPSA) is 26.3 Å². The lowest BCUT2D eigenvalue weighted by molar-refractivity contribution is -0.0245. The van der Waals surface area contributed by atoms with Gasteiger partial charge in [-0.05, 0) is 36.5 Å². The Morgan fingerprint density at radius 3 is 2.70 bits per heavy atom. The van der Waals surface area contributed by atoms with Crippen molar-refractivity contribution in [3.05, 3.63) is 48.0 Å². The van der Waals surface area contributed by atoms with Gasteiger partial charge in [0, 0.05) is 18.6 Å². The lowest BCUT2D eigenvalue weighted by Crippen LogP contribution is -2.32. The second-order valence-corrected chi connectivity index (χ2v) is 5.57. The highest BCUT2D eigenvalue weighted by atomic mass is 16.5. The molecular weight excluding hydrogens is 248 g/mol. The molecule has 0 amide bonds. The molecule has 0 saturated heterocycles. The third-order valence-electron chi connectivity index (χ3n) is 4.16. The molecule has 2 aromatic rings. The van der Waals surface area contributed by atoms with E-state index in [4.69, 9.17) is 4.74 Å². The number of benzene rings is 2. The molecule has 0 aliphatic heterocycles. The first-order valence-corrected chi connectivity index (χ1v) is 7.40. The quantitative estimate of drug-likeness (QED) is 0.759. The summed E-state index contributed by atoms with van der Waals surface area (Å²) >= 11 is 0. The number of Topliss-reactive ketones (excluding diaryl/α,β-unsaturated/α-hetero) is 1. The number of carbonyl (C=O) groups excluding carboxylic acids is 1. The van der Waals surface area contributed by atoms with Gasteiger partial charge in [-0.15, -0.1) is 0 Å². The standard InChI is InChI=1S/C18H20O2/c1-2-20-15-10-13(11-15)12-18(19)17-9-5-7-14-6-3-4-8-16(14)17/h3-9,13,15H,2,10-12H2,1H3. The average Bonchev–Trinajstić information content (AvgIpc) is 2.44. The zero-order chi connectivity index (χ0) is 13.9. The summed E-state index contributed by atoms with van der Waals surface area (Å²) in [5.41, 5.74) is 0.864. The predicted octanol–water partition coefficient (Wildman–Crippen LogP) is 4.23. The first kappa shape index (κ1) is 13.3. The van der Waals surface area contributed by atoms with Crippen molar-refractivity contribution < 1.29 is 9.53 Å². The Balaban J connectivity index is 1.71. The van der Waals surface area contributed by atoms with E-state index in [2.05, 4.69) is 12.1 Å². The van der Waals surface area contributed by atoms with Crippen LogP contribution in [0.3, 0.4) is 0 Å². The first-order chi connectivity index (χ1) is 9.78. The molecule has 0 aromatic heterocycles.